The molecule has 1 rings (SSSR count). The van der Waals surface area contributed by atoms with Crippen molar-refractivity contribution in [1.82, 2.24) is 5.32 Å². The van der Waals surface area contributed by atoms with Gasteiger partial charge in [-0.1, -0.05) is 0 Å². The van der Waals surface area contributed by atoms with Crippen molar-refractivity contribution in [3.63, 3.8) is 0 Å². The maximum atomic E-state index is 11.2. The first-order valence-corrected chi connectivity index (χ1v) is 4.97. The largest absolute Gasteiger partial charge is 0.353 e. The van der Waals surface area contributed by atoms with Crippen LogP contribution in [0.5, 0.6) is 0 Å². The highest BCUT2D eigenvalue weighted by Crippen LogP contribution is 2.16. The van der Waals surface area contributed by atoms with E-state index in [4.69, 9.17) is 11.5 Å². The average Bonchev–Trinajstić information content (AvgIpc) is 2.09. The number of rotatable bonds is 3. The van der Waals surface area contributed by atoms with Crippen LogP contribution < -0.4 is 16.8 Å². The molecule has 0 unspecified atom stereocenters. The lowest BCUT2D eigenvalue weighted by Gasteiger charge is -2.26. The molecular formula is C9H19N3O. The van der Waals surface area contributed by atoms with Gasteiger partial charge >= 0.3 is 0 Å². The predicted octanol–water partition coefficient (Wildman–Crippen LogP) is -0.279. The van der Waals surface area contributed by atoms with E-state index in [0.29, 0.717) is 25.0 Å². The average molecular weight is 185 g/mol. The Labute approximate surface area is 79.0 Å². The van der Waals surface area contributed by atoms with E-state index in [1.165, 1.54) is 0 Å². The smallest absolute Gasteiger partial charge is 0.221 e. The molecule has 4 nitrogen and oxygen atoms in total. The molecule has 13 heavy (non-hydrogen) atoms. The summed E-state index contributed by atoms with van der Waals surface area (Å²) in [4.78, 5) is 11.2. The van der Waals surface area contributed by atoms with Crippen LogP contribution in [0.25, 0.3) is 0 Å². The molecule has 0 atom stereocenters. The zero-order chi connectivity index (χ0) is 9.68. The van der Waals surface area contributed by atoms with Crippen molar-refractivity contribution in [1.29, 1.82) is 0 Å². The summed E-state index contributed by atoms with van der Waals surface area (Å²) in [6.45, 7) is 0.429. The minimum atomic E-state index is 0.0722. The molecule has 5 N–H and O–H groups in total. The Morgan fingerprint density at radius 1 is 1.31 bits per heavy atom. The molecule has 0 aromatic rings. The van der Waals surface area contributed by atoms with Gasteiger partial charge in [0.15, 0.2) is 0 Å². The third-order valence-corrected chi connectivity index (χ3v) is 2.51. The van der Waals surface area contributed by atoms with E-state index >= 15 is 0 Å². The summed E-state index contributed by atoms with van der Waals surface area (Å²) in [6, 6.07) is 0.668. The van der Waals surface area contributed by atoms with Gasteiger partial charge < -0.3 is 16.8 Å². The lowest BCUT2D eigenvalue weighted by Crippen LogP contribution is -2.40. The molecule has 1 aliphatic carbocycles. The monoisotopic (exact) mass is 185 g/mol. The predicted molar refractivity (Wildman–Crippen MR) is 52.0 cm³/mol. The minimum Gasteiger partial charge on any atom is -0.353 e. The molecule has 76 valence electrons. The number of hydrogen-bond acceptors (Lipinski definition) is 3. The van der Waals surface area contributed by atoms with Gasteiger partial charge in [-0.15, -0.1) is 0 Å². The first kappa shape index (κ1) is 10.5. The second-order valence-electron chi connectivity index (χ2n) is 3.72. The van der Waals surface area contributed by atoms with Crippen molar-refractivity contribution < 1.29 is 4.79 Å². The van der Waals surface area contributed by atoms with Gasteiger partial charge in [-0.05, 0) is 25.7 Å². The summed E-state index contributed by atoms with van der Waals surface area (Å²) < 4.78 is 0. The number of carbonyl (C=O) groups is 1. The van der Waals surface area contributed by atoms with Crippen molar-refractivity contribution in [3.8, 4) is 0 Å². The van der Waals surface area contributed by atoms with Gasteiger partial charge in [-0.25, -0.2) is 0 Å². The normalized spacial score (nSPS) is 28.5. The van der Waals surface area contributed by atoms with E-state index in [0.717, 1.165) is 25.7 Å². The lowest BCUT2D eigenvalue weighted by molar-refractivity contribution is -0.121. The maximum absolute atomic E-state index is 11.2. The summed E-state index contributed by atoms with van der Waals surface area (Å²) in [5.74, 6) is 0.0722. The Morgan fingerprint density at radius 3 is 2.46 bits per heavy atom. The van der Waals surface area contributed by atoms with E-state index in [1.54, 1.807) is 0 Å². The van der Waals surface area contributed by atoms with Crippen LogP contribution in [0.2, 0.25) is 0 Å². The first-order chi connectivity index (χ1) is 6.22. The van der Waals surface area contributed by atoms with Gasteiger partial charge in [0, 0.05) is 25.0 Å². The van der Waals surface area contributed by atoms with Crippen LogP contribution in [0, 0.1) is 0 Å². The number of hydrogen-bond donors (Lipinski definition) is 3. The maximum Gasteiger partial charge on any atom is 0.221 e. The van der Waals surface area contributed by atoms with Crippen molar-refractivity contribution in [2.24, 2.45) is 11.5 Å². The summed E-state index contributed by atoms with van der Waals surface area (Å²) in [6.07, 6.45) is 4.50. The van der Waals surface area contributed by atoms with Crippen LogP contribution in [0.3, 0.4) is 0 Å². The number of nitrogens with one attached hydrogen (secondary N) is 1. The van der Waals surface area contributed by atoms with E-state index in [1.807, 2.05) is 0 Å². The molecule has 1 fully saturated rings. The van der Waals surface area contributed by atoms with Crippen LogP contribution >= 0.6 is 0 Å². The van der Waals surface area contributed by atoms with E-state index < -0.39 is 0 Å². The molecule has 0 aromatic carbocycles. The molecule has 0 aliphatic heterocycles. The fourth-order valence-corrected chi connectivity index (χ4v) is 1.69. The third-order valence-electron chi connectivity index (χ3n) is 2.51. The summed E-state index contributed by atoms with van der Waals surface area (Å²) in [7, 11) is 0. The first-order valence-electron chi connectivity index (χ1n) is 4.97. The Bertz CT molecular complexity index is 164. The van der Waals surface area contributed by atoms with E-state index in [9.17, 15) is 4.79 Å². The van der Waals surface area contributed by atoms with Gasteiger partial charge in [0.25, 0.3) is 0 Å². The van der Waals surface area contributed by atoms with Crippen LogP contribution in [-0.2, 0) is 4.79 Å². The van der Waals surface area contributed by atoms with Gasteiger partial charge in [-0.3, -0.25) is 4.79 Å². The number of nitrogens with two attached hydrogens (primary N) is 2. The number of amides is 1. The molecule has 0 heterocycles. The van der Waals surface area contributed by atoms with Crippen LogP contribution in [0.1, 0.15) is 32.1 Å². The van der Waals surface area contributed by atoms with Crippen molar-refractivity contribution in [3.05, 3.63) is 0 Å². The van der Waals surface area contributed by atoms with E-state index in [2.05, 4.69) is 5.32 Å². The molecule has 1 amide bonds. The highest BCUT2D eigenvalue weighted by Gasteiger charge is 2.19. The topological polar surface area (TPSA) is 81.1 Å². The zero-order valence-corrected chi connectivity index (χ0v) is 7.96. The Kier molecular flexibility index (Phi) is 4.18. The van der Waals surface area contributed by atoms with E-state index in [-0.39, 0.29) is 5.91 Å². The molecule has 4 heteroatoms. The summed E-state index contributed by atoms with van der Waals surface area (Å²) in [5.41, 5.74) is 11.0. The van der Waals surface area contributed by atoms with Crippen LogP contribution in [0.4, 0.5) is 0 Å². The lowest BCUT2D eigenvalue weighted by atomic mass is 9.92. The van der Waals surface area contributed by atoms with Crippen molar-refractivity contribution in [2.45, 2.75) is 44.2 Å². The molecule has 0 aromatic heterocycles. The van der Waals surface area contributed by atoms with Gasteiger partial charge in [-0.2, -0.15) is 0 Å². The van der Waals surface area contributed by atoms with Gasteiger partial charge in [0.1, 0.15) is 0 Å². The SMILES string of the molecule is NCCC(=O)NC1CCC(N)CC1. The second kappa shape index (κ2) is 5.19. The Hall–Kier alpha value is -0.610. The fraction of sp³-hybridized carbons (Fsp3) is 0.889. The van der Waals surface area contributed by atoms with Crippen molar-refractivity contribution >= 4 is 5.91 Å². The molecule has 0 saturated heterocycles. The summed E-state index contributed by atoms with van der Waals surface area (Å²) in [5, 5.41) is 2.97. The van der Waals surface area contributed by atoms with Crippen LogP contribution in [0.15, 0.2) is 0 Å². The fourth-order valence-electron chi connectivity index (χ4n) is 1.69. The van der Waals surface area contributed by atoms with Gasteiger partial charge in [0.05, 0.1) is 0 Å². The molecule has 1 aliphatic rings. The molecule has 0 radical (unpaired) electrons. The molecule has 1 saturated carbocycles. The Balaban J connectivity index is 2.18. The second-order valence-corrected chi connectivity index (χ2v) is 3.72. The zero-order valence-electron chi connectivity index (χ0n) is 7.96. The quantitative estimate of drug-likeness (QED) is 0.565. The third kappa shape index (κ3) is 3.74. The highest BCUT2D eigenvalue weighted by molar-refractivity contribution is 5.76. The Morgan fingerprint density at radius 2 is 1.92 bits per heavy atom. The van der Waals surface area contributed by atoms with Crippen LogP contribution in [-0.4, -0.2) is 24.5 Å². The summed E-state index contributed by atoms with van der Waals surface area (Å²) >= 11 is 0. The minimum absolute atomic E-state index is 0.0722. The number of carbonyl (C=O) groups excluding carboxylic acids is 1. The highest BCUT2D eigenvalue weighted by atomic mass is 16.1. The molecule has 0 spiro atoms. The van der Waals surface area contributed by atoms with Gasteiger partial charge in [0.2, 0.25) is 5.91 Å². The van der Waals surface area contributed by atoms with Crippen molar-refractivity contribution in [2.75, 3.05) is 6.54 Å². The molecule has 0 bridgehead atoms. The standard InChI is InChI=1S/C9H19N3O/c10-6-5-9(13)12-8-3-1-7(11)2-4-8/h7-8H,1-6,10-11H2,(H,12,13). The molecular weight excluding hydrogens is 166 g/mol.